The Morgan fingerprint density at radius 2 is 0.657 bits per heavy atom. The Hall–Kier alpha value is -9.06. The van der Waals surface area contributed by atoms with Crippen LogP contribution in [0.2, 0.25) is 0 Å². The summed E-state index contributed by atoms with van der Waals surface area (Å²) < 4.78 is 16.4. The Kier molecular flexibility index (Phi) is 7.44. The van der Waals surface area contributed by atoms with E-state index in [9.17, 15) is 0 Å². The summed E-state index contributed by atoms with van der Waals surface area (Å²) in [6.45, 7) is 0. The standard InChI is InChI=1S/C62H38N4O/c1-2-16-41(17-3-1)66-57-28-13-8-23-49(57)61-50-32-29-40(36-60(50)67-62(61)66)39-15-14-18-42(35-39)63-58-33-30-43(64-53-24-9-4-19-45(53)46-20-5-10-25-54(46)64)37-51(58)52-38-44(31-34-59(52)63)65-55-26-11-6-21-47(55)48-22-7-12-27-56(48)65/h1-38H. The average Bonchev–Trinajstić information content (AvgIpc) is 4.18. The molecule has 0 N–H and O–H groups in total. The second kappa shape index (κ2) is 13.7. The van der Waals surface area contributed by atoms with Gasteiger partial charge in [-0.25, -0.2) is 0 Å². The third-order valence-corrected chi connectivity index (χ3v) is 14.1. The first-order valence-electron chi connectivity index (χ1n) is 22.9. The lowest BCUT2D eigenvalue weighted by molar-refractivity contribution is 0.645. The second-order valence-corrected chi connectivity index (χ2v) is 17.7. The van der Waals surface area contributed by atoms with Crippen molar-refractivity contribution in [1.29, 1.82) is 0 Å². The van der Waals surface area contributed by atoms with Gasteiger partial charge in [0.1, 0.15) is 5.58 Å². The van der Waals surface area contributed by atoms with Crippen LogP contribution in [0.25, 0.3) is 132 Å². The Morgan fingerprint density at radius 3 is 1.19 bits per heavy atom. The molecule has 0 radical (unpaired) electrons. The Balaban J connectivity index is 0.942. The van der Waals surface area contributed by atoms with Gasteiger partial charge in [0.2, 0.25) is 5.71 Å². The van der Waals surface area contributed by atoms with E-state index in [1.807, 2.05) is 0 Å². The monoisotopic (exact) mass is 854 g/mol. The number of nitrogens with zero attached hydrogens (tertiary/aromatic N) is 4. The summed E-state index contributed by atoms with van der Waals surface area (Å²) in [5.74, 6) is 0. The van der Waals surface area contributed by atoms with Gasteiger partial charge in [0.05, 0.1) is 44.0 Å². The summed E-state index contributed by atoms with van der Waals surface area (Å²) in [4.78, 5) is 0. The van der Waals surface area contributed by atoms with Crippen molar-refractivity contribution in [1.82, 2.24) is 18.3 Å². The van der Waals surface area contributed by atoms with Crippen molar-refractivity contribution in [3.63, 3.8) is 0 Å². The lowest BCUT2D eigenvalue weighted by Gasteiger charge is -2.12. The molecule has 0 aliphatic heterocycles. The molecule has 5 nitrogen and oxygen atoms in total. The molecule has 10 aromatic carbocycles. The number of rotatable bonds is 5. The molecule has 312 valence electrons. The first kappa shape index (κ1) is 36.3. The summed E-state index contributed by atoms with van der Waals surface area (Å²) in [6, 6.07) is 83.7. The first-order valence-corrected chi connectivity index (χ1v) is 22.9. The maximum absolute atomic E-state index is 6.85. The van der Waals surface area contributed by atoms with Gasteiger partial charge < -0.3 is 18.1 Å². The number of fused-ring (bicyclic) bond motifs is 14. The highest BCUT2D eigenvalue weighted by Gasteiger charge is 2.22. The Bertz CT molecular complexity index is 4240. The lowest BCUT2D eigenvalue weighted by atomic mass is 10.0. The van der Waals surface area contributed by atoms with Crippen molar-refractivity contribution >= 4 is 98.4 Å². The van der Waals surface area contributed by atoms with Gasteiger partial charge in [0.15, 0.2) is 0 Å². The summed E-state index contributed by atoms with van der Waals surface area (Å²) in [6.07, 6.45) is 0. The largest absolute Gasteiger partial charge is 0.439 e. The molecule has 0 unspecified atom stereocenters. The molecular weight excluding hydrogens is 817 g/mol. The van der Waals surface area contributed by atoms with Crippen molar-refractivity contribution < 1.29 is 4.42 Å². The Morgan fingerprint density at radius 1 is 0.239 bits per heavy atom. The SMILES string of the molecule is c1ccc(-n2c3ccccc3c3c4ccc(-c5cccc(-n6c7ccc(-n8c9ccccc9c9ccccc98)cc7c7cc(-n8c9ccccc9c9ccccc98)ccc76)c5)cc4oc32)cc1. The Labute approximate surface area is 383 Å². The third-order valence-electron chi connectivity index (χ3n) is 14.1. The van der Waals surface area contributed by atoms with Gasteiger partial charge in [-0.1, -0.05) is 127 Å². The number of furan rings is 1. The highest BCUT2D eigenvalue weighted by Crippen LogP contribution is 2.43. The predicted molar refractivity (Wildman–Crippen MR) is 279 cm³/mol. The van der Waals surface area contributed by atoms with Crippen molar-refractivity contribution in [3.05, 3.63) is 231 Å². The third kappa shape index (κ3) is 5.14. The average molecular weight is 855 g/mol. The molecule has 15 rings (SSSR count). The van der Waals surface area contributed by atoms with E-state index >= 15 is 0 Å². The van der Waals surface area contributed by atoms with Gasteiger partial charge in [-0.05, 0) is 114 Å². The molecule has 0 aliphatic carbocycles. The molecule has 15 aromatic rings. The van der Waals surface area contributed by atoms with E-state index in [0.29, 0.717) is 0 Å². The maximum Gasteiger partial charge on any atom is 0.213 e. The van der Waals surface area contributed by atoms with Gasteiger partial charge in [-0.3, -0.25) is 4.57 Å². The van der Waals surface area contributed by atoms with Crippen molar-refractivity contribution in [2.75, 3.05) is 0 Å². The quantitative estimate of drug-likeness (QED) is 0.170. The molecule has 0 aliphatic rings. The minimum atomic E-state index is 0.860. The molecule has 0 atom stereocenters. The van der Waals surface area contributed by atoms with E-state index < -0.39 is 0 Å². The molecule has 0 bridgehead atoms. The number of hydrogen-bond donors (Lipinski definition) is 0. The van der Waals surface area contributed by atoms with E-state index in [0.717, 1.165) is 72.5 Å². The molecule has 0 saturated carbocycles. The van der Waals surface area contributed by atoms with E-state index in [1.54, 1.807) is 0 Å². The van der Waals surface area contributed by atoms with E-state index in [4.69, 9.17) is 4.42 Å². The van der Waals surface area contributed by atoms with Crippen LogP contribution in [0.1, 0.15) is 0 Å². The summed E-state index contributed by atoms with van der Waals surface area (Å²) in [5, 5.41) is 10.8. The number of hydrogen-bond acceptors (Lipinski definition) is 1. The molecule has 5 heterocycles. The zero-order valence-corrected chi connectivity index (χ0v) is 36.1. The van der Waals surface area contributed by atoms with Crippen molar-refractivity contribution in [3.8, 4) is 33.9 Å². The number of benzene rings is 10. The molecule has 0 spiro atoms. The van der Waals surface area contributed by atoms with Crippen molar-refractivity contribution in [2.45, 2.75) is 0 Å². The van der Waals surface area contributed by atoms with Gasteiger partial charge in [-0.2, -0.15) is 0 Å². The van der Waals surface area contributed by atoms with Crippen LogP contribution < -0.4 is 0 Å². The molecule has 0 saturated heterocycles. The molecule has 67 heavy (non-hydrogen) atoms. The normalized spacial score (nSPS) is 12.2. The smallest absolute Gasteiger partial charge is 0.213 e. The molecular formula is C62H38N4O. The highest BCUT2D eigenvalue weighted by molar-refractivity contribution is 6.20. The summed E-state index contributed by atoms with van der Waals surface area (Å²) >= 11 is 0. The van der Waals surface area contributed by atoms with Crippen LogP contribution >= 0.6 is 0 Å². The van der Waals surface area contributed by atoms with Crippen LogP contribution in [0, 0.1) is 0 Å². The van der Waals surface area contributed by atoms with Crippen LogP contribution in [0.4, 0.5) is 0 Å². The predicted octanol–water partition coefficient (Wildman–Crippen LogP) is 16.5. The summed E-state index contributed by atoms with van der Waals surface area (Å²) in [5.41, 5.74) is 16.6. The van der Waals surface area contributed by atoms with Gasteiger partial charge in [-0.15, -0.1) is 0 Å². The first-order chi connectivity index (χ1) is 33.2. The van der Waals surface area contributed by atoms with Crippen LogP contribution in [0.3, 0.4) is 0 Å². The number of aromatic nitrogens is 4. The van der Waals surface area contributed by atoms with Crippen LogP contribution in [-0.2, 0) is 0 Å². The van der Waals surface area contributed by atoms with Gasteiger partial charge in [0, 0.05) is 65.8 Å². The minimum absolute atomic E-state index is 0.860. The summed E-state index contributed by atoms with van der Waals surface area (Å²) in [7, 11) is 0. The van der Waals surface area contributed by atoms with Crippen LogP contribution in [-0.4, -0.2) is 18.3 Å². The fourth-order valence-electron chi connectivity index (χ4n) is 11.3. The highest BCUT2D eigenvalue weighted by atomic mass is 16.3. The zero-order valence-electron chi connectivity index (χ0n) is 36.1. The minimum Gasteiger partial charge on any atom is -0.439 e. The van der Waals surface area contributed by atoms with Gasteiger partial charge >= 0.3 is 0 Å². The van der Waals surface area contributed by atoms with E-state index in [2.05, 4.69) is 249 Å². The molecule has 0 amide bonds. The van der Waals surface area contributed by atoms with E-state index in [-0.39, 0.29) is 0 Å². The second-order valence-electron chi connectivity index (χ2n) is 17.7. The fourth-order valence-corrected chi connectivity index (χ4v) is 11.3. The fraction of sp³-hybridized carbons (Fsp3) is 0. The van der Waals surface area contributed by atoms with E-state index in [1.165, 1.54) is 59.8 Å². The molecule has 5 heteroatoms. The van der Waals surface area contributed by atoms with Gasteiger partial charge in [0.25, 0.3) is 0 Å². The topological polar surface area (TPSA) is 32.9 Å². The van der Waals surface area contributed by atoms with Crippen molar-refractivity contribution in [2.24, 2.45) is 0 Å². The zero-order chi connectivity index (χ0) is 43.7. The number of para-hydroxylation sites is 6. The molecule has 0 fully saturated rings. The van der Waals surface area contributed by atoms with Crippen LogP contribution in [0.5, 0.6) is 0 Å². The maximum atomic E-state index is 6.85. The lowest BCUT2D eigenvalue weighted by Crippen LogP contribution is -1.96. The van der Waals surface area contributed by atoms with Crippen LogP contribution in [0.15, 0.2) is 235 Å². The molecule has 5 aromatic heterocycles.